The number of aldehydes is 1. The van der Waals surface area contributed by atoms with Crippen molar-refractivity contribution in [2.45, 2.75) is 85.5 Å². The molecule has 4 saturated carbocycles. The van der Waals surface area contributed by atoms with Gasteiger partial charge in [-0.2, -0.15) is 0 Å². The zero-order valence-electron chi connectivity index (χ0n) is 16.1. The molecule has 4 aliphatic carbocycles. The number of hydrogen-bond donors (Lipinski definition) is 0. The first kappa shape index (κ1) is 18.1. The molecular formula is C22H36O2. The van der Waals surface area contributed by atoms with Crippen molar-refractivity contribution in [1.82, 2.24) is 0 Å². The zero-order valence-corrected chi connectivity index (χ0v) is 16.1. The average molecular weight is 333 g/mol. The van der Waals surface area contributed by atoms with E-state index in [1.54, 1.807) is 0 Å². The van der Waals surface area contributed by atoms with Crippen molar-refractivity contribution in [3.8, 4) is 0 Å². The third kappa shape index (κ3) is 2.42. The Kier molecular flexibility index (Phi) is 4.97. The van der Waals surface area contributed by atoms with Crippen LogP contribution in [0.25, 0.3) is 0 Å². The molecule has 24 heavy (non-hydrogen) atoms. The Morgan fingerprint density at radius 2 is 1.71 bits per heavy atom. The van der Waals surface area contributed by atoms with Gasteiger partial charge in [-0.1, -0.05) is 40.5 Å². The molecule has 0 saturated heterocycles. The van der Waals surface area contributed by atoms with Crippen LogP contribution < -0.4 is 0 Å². The fourth-order valence-electron chi connectivity index (χ4n) is 7.37. The van der Waals surface area contributed by atoms with E-state index in [9.17, 15) is 9.59 Å². The molecule has 4 aliphatic rings. The molecule has 2 heteroatoms. The normalized spacial score (nSPS) is 50.0. The third-order valence-corrected chi connectivity index (χ3v) is 8.50. The van der Waals surface area contributed by atoms with Crippen LogP contribution in [-0.2, 0) is 9.59 Å². The highest BCUT2D eigenvalue weighted by Gasteiger charge is 2.62. The average Bonchev–Trinajstić information content (AvgIpc) is 2.91. The Morgan fingerprint density at radius 3 is 2.42 bits per heavy atom. The second-order valence-corrected chi connectivity index (χ2v) is 9.24. The van der Waals surface area contributed by atoms with E-state index in [0.29, 0.717) is 30.0 Å². The van der Waals surface area contributed by atoms with Gasteiger partial charge in [0, 0.05) is 18.3 Å². The lowest BCUT2D eigenvalue weighted by Gasteiger charge is -2.59. The summed E-state index contributed by atoms with van der Waals surface area (Å²) in [6, 6.07) is 0. The standard InChI is InChI=1S/C20H30O2.C2H6/c1-19-10-4-3-5-13(19)6-8-15-16-9-7-14(12-21)20(16,2)11-17(22)18(15)19;1-2/h12-16,18H,3-11H2,1-2H3;1-2H3/t13?,14-,15?,16?,18?,19+,20-;/m1./s1. The summed E-state index contributed by atoms with van der Waals surface area (Å²) in [6.07, 6.45) is 11.8. The van der Waals surface area contributed by atoms with Gasteiger partial charge < -0.3 is 4.79 Å². The second kappa shape index (κ2) is 6.57. The highest BCUT2D eigenvalue weighted by molar-refractivity contribution is 5.85. The van der Waals surface area contributed by atoms with E-state index in [2.05, 4.69) is 13.8 Å². The molecule has 2 nitrogen and oxygen atoms in total. The van der Waals surface area contributed by atoms with E-state index in [4.69, 9.17) is 0 Å². The molecule has 0 amide bonds. The Hall–Kier alpha value is -0.660. The first-order valence-electron chi connectivity index (χ1n) is 10.5. The van der Waals surface area contributed by atoms with Crippen molar-refractivity contribution >= 4 is 12.1 Å². The van der Waals surface area contributed by atoms with Crippen molar-refractivity contribution in [2.24, 2.45) is 40.4 Å². The molecule has 0 radical (unpaired) electrons. The van der Waals surface area contributed by atoms with Gasteiger partial charge in [0.1, 0.15) is 12.1 Å². The first-order chi connectivity index (χ1) is 11.5. The van der Waals surface area contributed by atoms with Gasteiger partial charge in [0.15, 0.2) is 0 Å². The van der Waals surface area contributed by atoms with E-state index in [-0.39, 0.29) is 16.7 Å². The minimum Gasteiger partial charge on any atom is -0.303 e. The minimum atomic E-state index is -0.0299. The lowest BCUT2D eigenvalue weighted by Crippen LogP contribution is -2.56. The van der Waals surface area contributed by atoms with Crippen LogP contribution in [-0.4, -0.2) is 12.1 Å². The highest BCUT2D eigenvalue weighted by atomic mass is 16.1. The Morgan fingerprint density at radius 1 is 0.958 bits per heavy atom. The molecule has 0 spiro atoms. The molecule has 0 N–H and O–H groups in total. The van der Waals surface area contributed by atoms with Gasteiger partial charge >= 0.3 is 0 Å². The SMILES string of the molecule is CC.C[C@]12CCCCC1CCC1C2C(=O)C[C@@]2(C)C1CC[C@@H]2C=O. The van der Waals surface area contributed by atoms with Gasteiger partial charge in [0.05, 0.1) is 0 Å². The lowest BCUT2D eigenvalue weighted by molar-refractivity contribution is -0.157. The monoisotopic (exact) mass is 332 g/mol. The molecule has 0 bridgehead atoms. The third-order valence-electron chi connectivity index (χ3n) is 8.50. The summed E-state index contributed by atoms with van der Waals surface area (Å²) in [5, 5.41) is 0. The van der Waals surface area contributed by atoms with Crippen LogP contribution in [0.3, 0.4) is 0 Å². The smallest absolute Gasteiger partial charge is 0.137 e. The maximum Gasteiger partial charge on any atom is 0.137 e. The van der Waals surface area contributed by atoms with Crippen LogP contribution in [0.15, 0.2) is 0 Å². The van der Waals surface area contributed by atoms with E-state index in [1.165, 1.54) is 44.9 Å². The summed E-state index contributed by atoms with van der Waals surface area (Å²) in [6.45, 7) is 8.67. The van der Waals surface area contributed by atoms with E-state index in [0.717, 1.165) is 18.6 Å². The summed E-state index contributed by atoms with van der Waals surface area (Å²) < 4.78 is 0. The predicted octanol–water partition coefficient (Wildman–Crippen LogP) is 5.44. The fourth-order valence-corrected chi connectivity index (χ4v) is 7.37. The summed E-state index contributed by atoms with van der Waals surface area (Å²) in [5.74, 6) is 2.89. The molecule has 136 valence electrons. The quantitative estimate of drug-likeness (QED) is 0.599. The summed E-state index contributed by atoms with van der Waals surface area (Å²) >= 11 is 0. The second-order valence-electron chi connectivity index (χ2n) is 9.24. The Balaban J connectivity index is 0.000000815. The predicted molar refractivity (Wildman–Crippen MR) is 97.6 cm³/mol. The molecule has 4 rings (SSSR count). The van der Waals surface area contributed by atoms with Crippen LogP contribution in [0.1, 0.15) is 85.5 Å². The largest absolute Gasteiger partial charge is 0.303 e. The Labute approximate surface area is 148 Å². The topological polar surface area (TPSA) is 34.1 Å². The molecule has 4 unspecified atom stereocenters. The van der Waals surface area contributed by atoms with Crippen molar-refractivity contribution < 1.29 is 9.59 Å². The van der Waals surface area contributed by atoms with Crippen molar-refractivity contribution in [1.29, 1.82) is 0 Å². The van der Waals surface area contributed by atoms with Crippen molar-refractivity contribution in [2.75, 3.05) is 0 Å². The van der Waals surface area contributed by atoms with Gasteiger partial charge in [-0.25, -0.2) is 0 Å². The number of hydrogen-bond acceptors (Lipinski definition) is 2. The van der Waals surface area contributed by atoms with Gasteiger partial charge in [-0.15, -0.1) is 0 Å². The fraction of sp³-hybridized carbons (Fsp3) is 0.909. The van der Waals surface area contributed by atoms with Gasteiger partial charge in [0.25, 0.3) is 0 Å². The van der Waals surface area contributed by atoms with Crippen molar-refractivity contribution in [3.63, 3.8) is 0 Å². The minimum absolute atomic E-state index is 0.0299. The maximum absolute atomic E-state index is 13.2. The number of carbonyl (C=O) groups excluding carboxylic acids is 2. The van der Waals surface area contributed by atoms with E-state index in [1.807, 2.05) is 13.8 Å². The number of rotatable bonds is 1. The number of fused-ring (bicyclic) bond motifs is 5. The molecule has 0 heterocycles. The molecule has 0 aromatic heterocycles. The maximum atomic E-state index is 13.2. The number of carbonyl (C=O) groups is 2. The summed E-state index contributed by atoms with van der Waals surface area (Å²) in [4.78, 5) is 24.7. The first-order valence-corrected chi connectivity index (χ1v) is 10.5. The number of ketones is 1. The van der Waals surface area contributed by atoms with Crippen LogP contribution >= 0.6 is 0 Å². The molecule has 0 aliphatic heterocycles. The highest BCUT2D eigenvalue weighted by Crippen LogP contribution is 2.66. The van der Waals surface area contributed by atoms with E-state index >= 15 is 0 Å². The van der Waals surface area contributed by atoms with Crippen molar-refractivity contribution in [3.05, 3.63) is 0 Å². The zero-order chi connectivity index (χ0) is 17.5. The summed E-state index contributed by atoms with van der Waals surface area (Å²) in [5.41, 5.74) is 0.233. The van der Waals surface area contributed by atoms with Gasteiger partial charge in [0.2, 0.25) is 0 Å². The van der Waals surface area contributed by atoms with E-state index < -0.39 is 0 Å². The molecule has 7 atom stereocenters. The molecular weight excluding hydrogens is 296 g/mol. The Bertz CT molecular complexity index is 498. The van der Waals surface area contributed by atoms with Crippen LogP contribution in [0.4, 0.5) is 0 Å². The molecule has 4 fully saturated rings. The van der Waals surface area contributed by atoms with Crippen LogP contribution in [0.2, 0.25) is 0 Å². The van der Waals surface area contributed by atoms with Crippen LogP contribution in [0, 0.1) is 40.4 Å². The molecule has 0 aromatic carbocycles. The lowest BCUT2D eigenvalue weighted by atomic mass is 9.44. The number of Topliss-reactive ketones (excluding diaryl/α,β-unsaturated/α-hetero) is 1. The molecule has 0 aromatic rings. The summed E-state index contributed by atoms with van der Waals surface area (Å²) in [7, 11) is 0. The van der Waals surface area contributed by atoms with Crippen LogP contribution in [0.5, 0.6) is 0 Å². The van der Waals surface area contributed by atoms with Gasteiger partial charge in [-0.05, 0) is 67.1 Å². The van der Waals surface area contributed by atoms with Gasteiger partial charge in [-0.3, -0.25) is 4.79 Å².